The summed E-state index contributed by atoms with van der Waals surface area (Å²) in [7, 11) is 0. The van der Waals surface area contributed by atoms with E-state index in [2.05, 4.69) is 17.1 Å². The number of amides is 1. The van der Waals surface area contributed by atoms with Crippen molar-refractivity contribution in [3.8, 4) is 0 Å². The molecule has 2 aromatic rings. The van der Waals surface area contributed by atoms with Crippen LogP contribution in [0.15, 0.2) is 16.8 Å². The van der Waals surface area contributed by atoms with E-state index in [0.29, 0.717) is 18.2 Å². The first-order valence-corrected chi connectivity index (χ1v) is 8.16. The highest BCUT2D eigenvalue weighted by atomic mass is 32.1. The van der Waals surface area contributed by atoms with E-state index in [1.807, 2.05) is 18.0 Å². The smallest absolute Gasteiger partial charge is 0.292 e. The van der Waals surface area contributed by atoms with Gasteiger partial charge in [-0.1, -0.05) is 12.1 Å². The van der Waals surface area contributed by atoms with Crippen molar-refractivity contribution in [2.75, 3.05) is 13.1 Å². The van der Waals surface area contributed by atoms with Crippen molar-refractivity contribution in [2.24, 2.45) is 0 Å². The average molecular weight is 305 g/mol. The molecule has 0 N–H and O–H groups in total. The van der Waals surface area contributed by atoms with Crippen molar-refractivity contribution in [1.82, 2.24) is 15.0 Å². The Morgan fingerprint density at radius 2 is 2.43 bits per heavy atom. The van der Waals surface area contributed by atoms with Crippen LogP contribution in [0, 0.1) is 6.92 Å². The fraction of sp³-hybridized carbons (Fsp3) is 0.533. The number of hydrogen-bond acceptors (Lipinski definition) is 5. The van der Waals surface area contributed by atoms with Gasteiger partial charge in [0, 0.05) is 36.1 Å². The third-order valence-corrected chi connectivity index (χ3v) is 4.90. The highest BCUT2D eigenvalue weighted by molar-refractivity contribution is 7.11. The predicted octanol–water partition coefficient (Wildman–Crippen LogP) is 3.02. The summed E-state index contributed by atoms with van der Waals surface area (Å²) in [6.07, 6.45) is 4.78. The molecule has 0 bridgehead atoms. The van der Waals surface area contributed by atoms with E-state index in [1.54, 1.807) is 17.4 Å². The highest BCUT2D eigenvalue weighted by Crippen LogP contribution is 2.30. The summed E-state index contributed by atoms with van der Waals surface area (Å²) in [5, 5.41) is 5.03. The lowest BCUT2D eigenvalue weighted by Crippen LogP contribution is -2.38. The third kappa shape index (κ3) is 3.00. The summed E-state index contributed by atoms with van der Waals surface area (Å²) in [4.78, 5) is 20.0. The van der Waals surface area contributed by atoms with Crippen LogP contribution in [0.2, 0.25) is 0 Å². The van der Waals surface area contributed by atoms with E-state index >= 15 is 0 Å². The third-order valence-electron chi connectivity index (χ3n) is 3.83. The van der Waals surface area contributed by atoms with Crippen LogP contribution in [0.25, 0.3) is 0 Å². The van der Waals surface area contributed by atoms with Gasteiger partial charge in [-0.15, -0.1) is 11.3 Å². The summed E-state index contributed by atoms with van der Waals surface area (Å²) >= 11 is 1.73. The van der Waals surface area contributed by atoms with E-state index in [-0.39, 0.29) is 5.91 Å². The molecule has 1 unspecified atom stereocenters. The Hall–Kier alpha value is -1.69. The van der Waals surface area contributed by atoms with Gasteiger partial charge in [-0.2, -0.15) is 0 Å². The Bertz CT molecular complexity index is 634. The molecule has 1 aliphatic heterocycles. The van der Waals surface area contributed by atoms with E-state index < -0.39 is 0 Å². The molecule has 21 heavy (non-hydrogen) atoms. The van der Waals surface area contributed by atoms with Crippen LogP contribution in [-0.2, 0) is 6.42 Å². The first kappa shape index (κ1) is 14.3. The van der Waals surface area contributed by atoms with Gasteiger partial charge in [-0.3, -0.25) is 4.79 Å². The molecule has 0 aliphatic carbocycles. The van der Waals surface area contributed by atoms with E-state index in [9.17, 15) is 4.79 Å². The van der Waals surface area contributed by atoms with Crippen molar-refractivity contribution in [3.05, 3.63) is 33.6 Å². The second kappa shape index (κ2) is 5.97. The quantitative estimate of drug-likeness (QED) is 0.874. The van der Waals surface area contributed by atoms with Crippen molar-refractivity contribution in [3.63, 3.8) is 0 Å². The molecule has 2 aromatic heterocycles. The van der Waals surface area contributed by atoms with Crippen LogP contribution in [-0.4, -0.2) is 34.0 Å². The minimum absolute atomic E-state index is 0.0554. The van der Waals surface area contributed by atoms with E-state index in [0.717, 1.165) is 36.5 Å². The van der Waals surface area contributed by atoms with Crippen LogP contribution >= 0.6 is 11.3 Å². The van der Waals surface area contributed by atoms with E-state index in [4.69, 9.17) is 4.52 Å². The summed E-state index contributed by atoms with van der Waals surface area (Å²) in [6, 6.07) is 1.75. The predicted molar refractivity (Wildman–Crippen MR) is 80.6 cm³/mol. The number of hydrogen-bond donors (Lipinski definition) is 0. The van der Waals surface area contributed by atoms with Crippen LogP contribution in [0.1, 0.15) is 51.8 Å². The molecule has 3 rings (SSSR count). The van der Waals surface area contributed by atoms with Gasteiger partial charge in [-0.05, 0) is 26.2 Å². The lowest BCUT2D eigenvalue weighted by molar-refractivity contribution is 0.0665. The second-order valence-corrected chi connectivity index (χ2v) is 6.70. The molecule has 5 nitrogen and oxygen atoms in total. The molecule has 1 atom stereocenters. The zero-order valence-electron chi connectivity index (χ0n) is 12.3. The van der Waals surface area contributed by atoms with Gasteiger partial charge in [0.15, 0.2) is 0 Å². The maximum absolute atomic E-state index is 12.5. The molecule has 3 heterocycles. The molecule has 1 fully saturated rings. The maximum Gasteiger partial charge on any atom is 0.292 e. The van der Waals surface area contributed by atoms with Crippen molar-refractivity contribution >= 4 is 17.2 Å². The van der Waals surface area contributed by atoms with Gasteiger partial charge in [0.05, 0.1) is 10.7 Å². The average Bonchev–Trinajstić information content (AvgIpc) is 3.15. The number of carbonyl (C=O) groups is 1. The largest absolute Gasteiger partial charge is 0.351 e. The SMILES string of the molecule is CCc1cc(C(=O)N2CCCC(c3ncc(C)s3)C2)on1. The van der Waals surface area contributed by atoms with E-state index in [1.165, 1.54) is 4.88 Å². The minimum atomic E-state index is -0.0554. The fourth-order valence-electron chi connectivity index (χ4n) is 2.66. The number of piperidine rings is 1. The first-order valence-electron chi connectivity index (χ1n) is 7.34. The zero-order valence-corrected chi connectivity index (χ0v) is 13.2. The molecular formula is C15H19N3O2S. The summed E-state index contributed by atoms with van der Waals surface area (Å²) < 4.78 is 5.16. The lowest BCUT2D eigenvalue weighted by atomic mass is 9.98. The summed E-state index contributed by atoms with van der Waals surface area (Å²) in [5.74, 6) is 0.637. The number of likely N-dealkylation sites (tertiary alicyclic amines) is 1. The zero-order chi connectivity index (χ0) is 14.8. The van der Waals surface area contributed by atoms with Crippen LogP contribution in [0.3, 0.4) is 0 Å². The molecule has 0 saturated carbocycles. The monoisotopic (exact) mass is 305 g/mol. The molecule has 1 amide bonds. The minimum Gasteiger partial charge on any atom is -0.351 e. The first-order chi connectivity index (χ1) is 10.2. The highest BCUT2D eigenvalue weighted by Gasteiger charge is 2.28. The molecule has 112 valence electrons. The molecular weight excluding hydrogens is 286 g/mol. The Labute approximate surface area is 128 Å². The van der Waals surface area contributed by atoms with Gasteiger partial charge in [0.1, 0.15) is 0 Å². The van der Waals surface area contributed by atoms with Crippen LogP contribution in [0.4, 0.5) is 0 Å². The van der Waals surface area contributed by atoms with Crippen LogP contribution < -0.4 is 0 Å². The van der Waals surface area contributed by atoms with Crippen molar-refractivity contribution in [2.45, 2.75) is 39.0 Å². The number of carbonyl (C=O) groups excluding carboxylic acids is 1. The molecule has 0 spiro atoms. The van der Waals surface area contributed by atoms with Gasteiger partial charge < -0.3 is 9.42 Å². The molecule has 6 heteroatoms. The molecule has 1 saturated heterocycles. The van der Waals surface area contributed by atoms with Crippen molar-refractivity contribution < 1.29 is 9.32 Å². The maximum atomic E-state index is 12.5. The van der Waals surface area contributed by atoms with Crippen LogP contribution in [0.5, 0.6) is 0 Å². The van der Waals surface area contributed by atoms with Gasteiger partial charge in [0.25, 0.3) is 5.91 Å². The standard InChI is InChI=1S/C15H19N3O2S/c1-3-12-7-13(20-17-12)15(19)18-6-4-5-11(9-18)14-16-8-10(2)21-14/h7-8,11H,3-6,9H2,1-2H3. The second-order valence-electron chi connectivity index (χ2n) is 5.44. The topological polar surface area (TPSA) is 59.2 Å². The Morgan fingerprint density at radius 3 is 3.10 bits per heavy atom. The Balaban J connectivity index is 1.72. The van der Waals surface area contributed by atoms with Crippen molar-refractivity contribution in [1.29, 1.82) is 0 Å². The van der Waals surface area contributed by atoms with Gasteiger partial charge in [-0.25, -0.2) is 4.98 Å². The summed E-state index contributed by atoms with van der Waals surface area (Å²) in [5.41, 5.74) is 0.822. The summed E-state index contributed by atoms with van der Waals surface area (Å²) in [6.45, 7) is 5.55. The molecule has 1 aliphatic rings. The Morgan fingerprint density at radius 1 is 1.57 bits per heavy atom. The fourth-order valence-corrected chi connectivity index (χ4v) is 3.56. The number of rotatable bonds is 3. The van der Waals surface area contributed by atoms with Gasteiger partial charge >= 0.3 is 0 Å². The number of nitrogens with zero attached hydrogens (tertiary/aromatic N) is 3. The number of aromatic nitrogens is 2. The lowest BCUT2D eigenvalue weighted by Gasteiger charge is -2.31. The normalized spacial score (nSPS) is 19.0. The number of thiazole rings is 1. The number of aryl methyl sites for hydroxylation is 2. The van der Waals surface area contributed by atoms with Gasteiger partial charge in [0.2, 0.25) is 5.76 Å². The molecule has 0 aromatic carbocycles. The molecule has 0 radical (unpaired) electrons. The Kier molecular flexibility index (Phi) is 4.05.